The summed E-state index contributed by atoms with van der Waals surface area (Å²) in [7, 11) is 0. The number of ether oxygens (including phenoxy) is 1. The second-order valence-corrected chi connectivity index (χ2v) is 6.89. The molecule has 3 aromatic rings. The lowest BCUT2D eigenvalue weighted by atomic mass is 10.2. The number of benzene rings is 2. The molecule has 4 nitrogen and oxygen atoms in total. The Labute approximate surface area is 155 Å². The number of aryl methyl sites for hydroxylation is 1. The van der Waals surface area contributed by atoms with E-state index in [9.17, 15) is 4.79 Å². The van der Waals surface area contributed by atoms with Gasteiger partial charge in [0.2, 0.25) is 5.91 Å². The van der Waals surface area contributed by atoms with Gasteiger partial charge < -0.3 is 10.1 Å². The first-order valence-corrected chi connectivity index (χ1v) is 9.03. The summed E-state index contributed by atoms with van der Waals surface area (Å²) in [6.45, 7) is 2.42. The third kappa shape index (κ3) is 5.05. The van der Waals surface area contributed by atoms with Crippen LogP contribution in [0.15, 0.2) is 53.9 Å². The Morgan fingerprint density at radius 3 is 2.72 bits per heavy atom. The van der Waals surface area contributed by atoms with E-state index in [-0.39, 0.29) is 12.3 Å². The highest BCUT2D eigenvalue weighted by Gasteiger charge is 2.10. The maximum atomic E-state index is 12.1. The Morgan fingerprint density at radius 1 is 1.20 bits per heavy atom. The van der Waals surface area contributed by atoms with Crippen LogP contribution < -0.4 is 10.1 Å². The van der Waals surface area contributed by atoms with E-state index in [4.69, 9.17) is 16.3 Å². The van der Waals surface area contributed by atoms with Crippen LogP contribution in [0.5, 0.6) is 5.75 Å². The second-order valence-electron chi connectivity index (χ2n) is 5.54. The lowest BCUT2D eigenvalue weighted by Gasteiger charge is -2.05. The minimum Gasteiger partial charge on any atom is -0.486 e. The van der Waals surface area contributed by atoms with E-state index >= 15 is 0 Å². The van der Waals surface area contributed by atoms with Gasteiger partial charge in [-0.1, -0.05) is 41.4 Å². The molecule has 25 heavy (non-hydrogen) atoms. The molecule has 0 aliphatic carbocycles. The number of carbonyl (C=O) groups excluding carboxylic acids is 1. The second kappa shape index (κ2) is 8.14. The summed E-state index contributed by atoms with van der Waals surface area (Å²) < 4.78 is 5.71. The topological polar surface area (TPSA) is 51.2 Å². The fourth-order valence-electron chi connectivity index (χ4n) is 2.20. The zero-order valence-electron chi connectivity index (χ0n) is 13.7. The van der Waals surface area contributed by atoms with Gasteiger partial charge in [0.1, 0.15) is 17.4 Å². The minimum absolute atomic E-state index is 0.149. The molecule has 6 heteroatoms. The van der Waals surface area contributed by atoms with Crippen molar-refractivity contribution in [2.24, 2.45) is 0 Å². The highest BCUT2D eigenvalue weighted by Crippen LogP contribution is 2.21. The molecule has 0 atom stereocenters. The summed E-state index contributed by atoms with van der Waals surface area (Å²) in [5.41, 5.74) is 2.51. The monoisotopic (exact) mass is 372 g/mol. The predicted octanol–water partition coefficient (Wildman–Crippen LogP) is 4.87. The van der Waals surface area contributed by atoms with E-state index in [1.807, 2.05) is 48.7 Å². The van der Waals surface area contributed by atoms with Crippen LogP contribution in [0.1, 0.15) is 16.3 Å². The summed E-state index contributed by atoms with van der Waals surface area (Å²) in [6.07, 6.45) is 0.201. The molecule has 0 fully saturated rings. The Balaban J connectivity index is 1.53. The predicted molar refractivity (Wildman–Crippen MR) is 101 cm³/mol. The molecular weight excluding hydrogens is 356 g/mol. The van der Waals surface area contributed by atoms with Crippen LogP contribution in [0.3, 0.4) is 0 Å². The normalized spacial score (nSPS) is 10.5. The van der Waals surface area contributed by atoms with Crippen LogP contribution in [0.25, 0.3) is 0 Å². The standard InChI is InChI=1S/C19H17ClN2O2S/c1-13-6-8-15(9-7-13)24-11-19-21-14(12-25-19)10-18(23)22-17-5-3-2-4-16(17)20/h2-9,12H,10-11H2,1H3,(H,22,23). The Bertz CT molecular complexity index is 862. The van der Waals surface area contributed by atoms with E-state index in [0.717, 1.165) is 16.5 Å². The average Bonchev–Trinajstić information content (AvgIpc) is 3.04. The van der Waals surface area contributed by atoms with Crippen LogP contribution in [0.2, 0.25) is 5.02 Å². The molecule has 0 unspecified atom stereocenters. The van der Waals surface area contributed by atoms with Crippen molar-refractivity contribution in [2.75, 3.05) is 5.32 Å². The number of hydrogen-bond acceptors (Lipinski definition) is 4. The van der Waals surface area contributed by atoms with Crippen molar-refractivity contribution in [1.29, 1.82) is 0 Å². The van der Waals surface area contributed by atoms with E-state index in [0.29, 0.717) is 17.3 Å². The summed E-state index contributed by atoms with van der Waals surface area (Å²) in [5, 5.41) is 6.02. The summed E-state index contributed by atoms with van der Waals surface area (Å²) in [6, 6.07) is 15.0. The van der Waals surface area contributed by atoms with Crippen LogP contribution in [-0.2, 0) is 17.8 Å². The maximum Gasteiger partial charge on any atom is 0.230 e. The van der Waals surface area contributed by atoms with Gasteiger partial charge in [-0.05, 0) is 31.2 Å². The number of aromatic nitrogens is 1. The van der Waals surface area contributed by atoms with E-state index in [1.165, 1.54) is 16.9 Å². The highest BCUT2D eigenvalue weighted by molar-refractivity contribution is 7.09. The largest absolute Gasteiger partial charge is 0.486 e. The lowest BCUT2D eigenvalue weighted by molar-refractivity contribution is -0.115. The number of nitrogens with one attached hydrogen (secondary N) is 1. The number of amides is 1. The van der Waals surface area contributed by atoms with Gasteiger partial charge >= 0.3 is 0 Å². The first-order valence-electron chi connectivity index (χ1n) is 7.77. The molecule has 128 valence electrons. The van der Waals surface area contributed by atoms with Gasteiger partial charge in [0.15, 0.2) is 0 Å². The average molecular weight is 373 g/mol. The van der Waals surface area contributed by atoms with Crippen LogP contribution >= 0.6 is 22.9 Å². The number of halogens is 1. The van der Waals surface area contributed by atoms with Crippen molar-refractivity contribution < 1.29 is 9.53 Å². The number of thiazole rings is 1. The summed E-state index contributed by atoms with van der Waals surface area (Å²) in [5.74, 6) is 0.656. The zero-order valence-corrected chi connectivity index (χ0v) is 15.2. The van der Waals surface area contributed by atoms with Crippen molar-refractivity contribution in [3.63, 3.8) is 0 Å². The number of anilines is 1. The molecule has 0 bridgehead atoms. The molecule has 0 saturated carbocycles. The summed E-state index contributed by atoms with van der Waals surface area (Å²) in [4.78, 5) is 16.6. The fourth-order valence-corrected chi connectivity index (χ4v) is 3.09. The van der Waals surface area contributed by atoms with Gasteiger partial charge in [0.25, 0.3) is 0 Å². The molecule has 2 aromatic carbocycles. The van der Waals surface area contributed by atoms with Gasteiger partial charge in [-0.15, -0.1) is 11.3 Å². The number of carbonyl (C=O) groups is 1. The first kappa shape index (κ1) is 17.5. The van der Waals surface area contributed by atoms with Crippen molar-refractivity contribution in [3.8, 4) is 5.75 Å². The smallest absolute Gasteiger partial charge is 0.230 e. The third-order valence-electron chi connectivity index (χ3n) is 3.47. The maximum absolute atomic E-state index is 12.1. The number of hydrogen-bond donors (Lipinski definition) is 1. The van der Waals surface area contributed by atoms with Crippen molar-refractivity contribution in [1.82, 2.24) is 4.98 Å². The van der Waals surface area contributed by atoms with Crippen LogP contribution in [0.4, 0.5) is 5.69 Å². The minimum atomic E-state index is -0.149. The molecular formula is C19H17ClN2O2S. The SMILES string of the molecule is Cc1ccc(OCc2nc(CC(=O)Nc3ccccc3Cl)cs2)cc1. The van der Waals surface area contributed by atoms with Crippen molar-refractivity contribution in [3.05, 3.63) is 75.2 Å². The summed E-state index contributed by atoms with van der Waals surface area (Å²) >= 11 is 7.52. The van der Waals surface area contributed by atoms with E-state index in [1.54, 1.807) is 12.1 Å². The molecule has 1 N–H and O–H groups in total. The molecule has 0 spiro atoms. The van der Waals surface area contributed by atoms with E-state index in [2.05, 4.69) is 10.3 Å². The molecule has 0 radical (unpaired) electrons. The quantitative estimate of drug-likeness (QED) is 0.671. The number of rotatable bonds is 6. The highest BCUT2D eigenvalue weighted by atomic mass is 35.5. The van der Waals surface area contributed by atoms with Gasteiger partial charge in [-0.2, -0.15) is 0 Å². The van der Waals surface area contributed by atoms with Crippen molar-refractivity contribution >= 4 is 34.5 Å². The number of nitrogens with zero attached hydrogens (tertiary/aromatic N) is 1. The van der Waals surface area contributed by atoms with Crippen LogP contribution in [0, 0.1) is 6.92 Å². The molecule has 1 amide bonds. The molecule has 0 aliphatic rings. The molecule has 3 rings (SSSR count). The Kier molecular flexibility index (Phi) is 5.68. The van der Waals surface area contributed by atoms with Gasteiger partial charge in [-0.25, -0.2) is 4.98 Å². The van der Waals surface area contributed by atoms with E-state index < -0.39 is 0 Å². The number of para-hydroxylation sites is 1. The lowest BCUT2D eigenvalue weighted by Crippen LogP contribution is -2.14. The third-order valence-corrected chi connectivity index (χ3v) is 4.67. The molecule has 1 aromatic heterocycles. The van der Waals surface area contributed by atoms with Crippen LogP contribution in [-0.4, -0.2) is 10.9 Å². The zero-order chi connectivity index (χ0) is 17.6. The Morgan fingerprint density at radius 2 is 1.96 bits per heavy atom. The van der Waals surface area contributed by atoms with Gasteiger partial charge in [0.05, 0.1) is 22.8 Å². The fraction of sp³-hybridized carbons (Fsp3) is 0.158. The van der Waals surface area contributed by atoms with Crippen molar-refractivity contribution in [2.45, 2.75) is 20.0 Å². The Hall–Kier alpha value is -2.37. The molecule has 0 aliphatic heterocycles. The van der Waals surface area contributed by atoms with Gasteiger partial charge in [0, 0.05) is 5.38 Å². The first-order chi connectivity index (χ1) is 12.1. The molecule has 1 heterocycles. The van der Waals surface area contributed by atoms with Gasteiger partial charge in [-0.3, -0.25) is 4.79 Å². The molecule has 0 saturated heterocycles.